The molecule has 1 aliphatic heterocycles. The van der Waals surface area contributed by atoms with Crippen molar-refractivity contribution in [3.63, 3.8) is 0 Å². The molecule has 1 amide bonds. The van der Waals surface area contributed by atoms with Crippen molar-refractivity contribution in [2.24, 2.45) is 5.73 Å². The van der Waals surface area contributed by atoms with Crippen molar-refractivity contribution in [1.82, 2.24) is 0 Å². The predicted octanol–water partition coefficient (Wildman–Crippen LogP) is 1.36. The minimum Gasteiger partial charge on any atom is -0.493 e. The highest BCUT2D eigenvalue weighted by molar-refractivity contribution is 6.17. The van der Waals surface area contributed by atoms with Crippen LogP contribution < -0.4 is 15.2 Å². The van der Waals surface area contributed by atoms with Crippen LogP contribution in [-0.4, -0.2) is 32.3 Å². The van der Waals surface area contributed by atoms with E-state index in [9.17, 15) is 4.79 Å². The van der Waals surface area contributed by atoms with Gasteiger partial charge in [0.2, 0.25) is 5.91 Å². The summed E-state index contributed by atoms with van der Waals surface area (Å²) < 4.78 is 16.3. The van der Waals surface area contributed by atoms with E-state index in [0.717, 1.165) is 6.42 Å². The maximum atomic E-state index is 11.1. The average Bonchev–Trinajstić information content (AvgIpc) is 2.90. The Labute approximate surface area is 111 Å². The van der Waals surface area contributed by atoms with E-state index in [4.69, 9.17) is 19.9 Å². The summed E-state index contributed by atoms with van der Waals surface area (Å²) in [5.74, 6) is 0.617. The van der Waals surface area contributed by atoms with Gasteiger partial charge in [0, 0.05) is 12.0 Å². The van der Waals surface area contributed by atoms with Gasteiger partial charge in [-0.3, -0.25) is 4.79 Å². The summed E-state index contributed by atoms with van der Waals surface area (Å²) in [6, 6.07) is 5.17. The number of carbonyl (C=O) groups is 1. The number of amides is 1. The van der Waals surface area contributed by atoms with Crippen LogP contribution >= 0.6 is 0 Å². The van der Waals surface area contributed by atoms with Crippen LogP contribution in [0.2, 0.25) is 0 Å². The molecule has 0 saturated carbocycles. The second-order valence-electron chi connectivity index (χ2n) is 4.31. The van der Waals surface area contributed by atoms with E-state index in [1.165, 1.54) is 0 Å². The van der Waals surface area contributed by atoms with Crippen LogP contribution in [0.4, 0.5) is 0 Å². The molecule has 0 radical (unpaired) electrons. The third-order valence-corrected chi connectivity index (χ3v) is 2.99. The molecule has 2 rings (SSSR count). The lowest BCUT2D eigenvalue weighted by Crippen LogP contribution is -2.16. The van der Waals surface area contributed by atoms with Gasteiger partial charge in [0.25, 0.3) is 0 Å². The van der Waals surface area contributed by atoms with E-state index in [1.807, 2.05) is 0 Å². The third-order valence-electron chi connectivity index (χ3n) is 2.99. The summed E-state index contributed by atoms with van der Waals surface area (Å²) in [6.07, 6.45) is 0.843. The van der Waals surface area contributed by atoms with Crippen LogP contribution in [0.1, 0.15) is 12.0 Å². The number of hydrogen-bond acceptors (Lipinski definition) is 4. The van der Waals surface area contributed by atoms with E-state index in [1.54, 1.807) is 25.3 Å². The van der Waals surface area contributed by atoms with Crippen LogP contribution in [0.5, 0.6) is 11.5 Å². The van der Waals surface area contributed by atoms with Gasteiger partial charge in [0.15, 0.2) is 11.5 Å². The molecule has 1 fully saturated rings. The highest BCUT2D eigenvalue weighted by Gasteiger charge is 2.19. The molecule has 1 aliphatic rings. The molecule has 1 heterocycles. The molecular formula is C14H17NO4. The van der Waals surface area contributed by atoms with Gasteiger partial charge in [-0.1, -0.05) is 12.6 Å². The molecule has 1 atom stereocenters. The Balaban J connectivity index is 2.25. The van der Waals surface area contributed by atoms with Crippen molar-refractivity contribution in [3.8, 4) is 11.5 Å². The fourth-order valence-corrected chi connectivity index (χ4v) is 1.88. The topological polar surface area (TPSA) is 70.8 Å². The van der Waals surface area contributed by atoms with Crippen LogP contribution in [0.25, 0.3) is 5.57 Å². The summed E-state index contributed by atoms with van der Waals surface area (Å²) in [5.41, 5.74) is 6.09. The minimum absolute atomic E-state index is 0.00555. The van der Waals surface area contributed by atoms with Crippen molar-refractivity contribution in [3.05, 3.63) is 30.3 Å². The second-order valence-corrected chi connectivity index (χ2v) is 4.31. The summed E-state index contributed by atoms with van der Waals surface area (Å²) in [6.45, 7) is 4.91. The number of methoxy groups -OCH3 is 1. The number of benzene rings is 1. The number of primary amides is 1. The van der Waals surface area contributed by atoms with Crippen LogP contribution in [0.3, 0.4) is 0 Å². The molecule has 5 heteroatoms. The van der Waals surface area contributed by atoms with E-state index < -0.39 is 5.91 Å². The Bertz CT molecular complexity index is 492. The number of hydrogen-bond donors (Lipinski definition) is 1. The maximum absolute atomic E-state index is 11.1. The Hall–Kier alpha value is -2.01. The largest absolute Gasteiger partial charge is 0.493 e. The van der Waals surface area contributed by atoms with Gasteiger partial charge in [-0.15, -0.1) is 0 Å². The van der Waals surface area contributed by atoms with E-state index in [0.29, 0.717) is 30.3 Å². The molecule has 2 N–H and O–H groups in total. The maximum Gasteiger partial charge on any atom is 0.248 e. The lowest BCUT2D eigenvalue weighted by molar-refractivity contribution is -0.112. The van der Waals surface area contributed by atoms with Gasteiger partial charge in [-0.25, -0.2) is 0 Å². The Morgan fingerprint density at radius 2 is 2.26 bits per heavy atom. The van der Waals surface area contributed by atoms with E-state index in [2.05, 4.69) is 6.58 Å². The zero-order chi connectivity index (χ0) is 13.8. The molecule has 5 nitrogen and oxygen atoms in total. The van der Waals surface area contributed by atoms with Crippen molar-refractivity contribution >= 4 is 11.5 Å². The van der Waals surface area contributed by atoms with Gasteiger partial charge in [-0.2, -0.15) is 0 Å². The van der Waals surface area contributed by atoms with Crippen molar-refractivity contribution in [1.29, 1.82) is 0 Å². The highest BCUT2D eigenvalue weighted by Crippen LogP contribution is 2.32. The van der Waals surface area contributed by atoms with Gasteiger partial charge < -0.3 is 19.9 Å². The van der Waals surface area contributed by atoms with Crippen molar-refractivity contribution in [2.75, 3.05) is 20.3 Å². The molecule has 0 aromatic heterocycles. The first-order valence-corrected chi connectivity index (χ1v) is 6.03. The third kappa shape index (κ3) is 3.06. The van der Waals surface area contributed by atoms with E-state index in [-0.39, 0.29) is 11.7 Å². The fourth-order valence-electron chi connectivity index (χ4n) is 1.88. The van der Waals surface area contributed by atoms with Gasteiger partial charge >= 0.3 is 0 Å². The predicted molar refractivity (Wildman–Crippen MR) is 71.1 cm³/mol. The van der Waals surface area contributed by atoms with Gasteiger partial charge in [0.1, 0.15) is 6.10 Å². The lowest BCUT2D eigenvalue weighted by atomic mass is 10.1. The first-order chi connectivity index (χ1) is 9.11. The van der Waals surface area contributed by atoms with Crippen molar-refractivity contribution < 1.29 is 19.0 Å². The molecule has 102 valence electrons. The van der Waals surface area contributed by atoms with Gasteiger partial charge in [-0.05, 0) is 17.7 Å². The van der Waals surface area contributed by atoms with Crippen LogP contribution in [0, 0.1) is 0 Å². The first kappa shape index (κ1) is 13.4. The summed E-state index contributed by atoms with van der Waals surface area (Å²) in [4.78, 5) is 11.1. The number of ether oxygens (including phenoxy) is 3. The summed E-state index contributed by atoms with van der Waals surface area (Å²) in [5, 5.41) is 0. The quantitative estimate of drug-likeness (QED) is 0.814. The van der Waals surface area contributed by atoms with Crippen LogP contribution in [-0.2, 0) is 9.53 Å². The second kappa shape index (κ2) is 5.75. The molecule has 0 aliphatic carbocycles. The lowest BCUT2D eigenvalue weighted by Gasteiger charge is -2.16. The Morgan fingerprint density at radius 3 is 2.84 bits per heavy atom. The molecule has 0 spiro atoms. The molecule has 19 heavy (non-hydrogen) atoms. The molecule has 1 aromatic rings. The monoisotopic (exact) mass is 263 g/mol. The Kier molecular flexibility index (Phi) is 4.06. The SMILES string of the molecule is C=C(C(N)=O)c1ccc(OC)c(OC2CCOC2)c1. The molecule has 0 bridgehead atoms. The standard InChI is InChI=1S/C14H17NO4/c1-9(14(15)16)10-3-4-12(17-2)13(7-10)19-11-5-6-18-8-11/h3-4,7,11H,1,5-6,8H2,2H3,(H2,15,16). The number of nitrogens with two attached hydrogens (primary N) is 1. The number of carbonyl (C=O) groups excluding carboxylic acids is 1. The Morgan fingerprint density at radius 1 is 1.47 bits per heavy atom. The molecular weight excluding hydrogens is 246 g/mol. The molecule has 1 aromatic carbocycles. The fraction of sp³-hybridized carbons (Fsp3) is 0.357. The van der Waals surface area contributed by atoms with Gasteiger partial charge in [0.05, 0.1) is 20.3 Å². The summed E-state index contributed by atoms with van der Waals surface area (Å²) in [7, 11) is 1.57. The first-order valence-electron chi connectivity index (χ1n) is 6.03. The molecule has 1 unspecified atom stereocenters. The van der Waals surface area contributed by atoms with E-state index >= 15 is 0 Å². The normalized spacial score (nSPS) is 18.1. The minimum atomic E-state index is -0.555. The number of rotatable bonds is 5. The zero-order valence-electron chi connectivity index (χ0n) is 10.8. The highest BCUT2D eigenvalue weighted by atomic mass is 16.6. The summed E-state index contributed by atoms with van der Waals surface area (Å²) >= 11 is 0. The average molecular weight is 263 g/mol. The van der Waals surface area contributed by atoms with Crippen molar-refractivity contribution in [2.45, 2.75) is 12.5 Å². The van der Waals surface area contributed by atoms with Crippen LogP contribution in [0.15, 0.2) is 24.8 Å². The molecule has 1 saturated heterocycles. The zero-order valence-corrected chi connectivity index (χ0v) is 10.8. The smallest absolute Gasteiger partial charge is 0.248 e.